The standard InChI is InChI=1S/C12H12F2N2O6.ClH/c1-2-20-11(17)12(13,14)10(15)6-3-8-9(22-5-21-8)4-7(6)16(18)19;/h3-4,10H,2,5,15H2,1H3;1H/t10-;/m1./s1. The molecule has 0 saturated carbocycles. The van der Waals surface area contributed by atoms with Crippen molar-refractivity contribution in [1.82, 2.24) is 0 Å². The van der Waals surface area contributed by atoms with Gasteiger partial charge in [0.1, 0.15) is 6.04 Å². The van der Waals surface area contributed by atoms with Gasteiger partial charge in [0.25, 0.3) is 5.69 Å². The topological polar surface area (TPSA) is 114 Å². The summed E-state index contributed by atoms with van der Waals surface area (Å²) in [6.07, 6.45) is 0. The zero-order valence-electron chi connectivity index (χ0n) is 11.8. The van der Waals surface area contributed by atoms with E-state index < -0.39 is 34.1 Å². The second kappa shape index (κ2) is 6.92. The van der Waals surface area contributed by atoms with Crippen LogP contribution >= 0.6 is 12.4 Å². The van der Waals surface area contributed by atoms with Crippen LogP contribution in [-0.2, 0) is 9.53 Å². The van der Waals surface area contributed by atoms with Crippen LogP contribution in [0.4, 0.5) is 14.5 Å². The second-order valence-electron chi connectivity index (χ2n) is 4.34. The van der Waals surface area contributed by atoms with Gasteiger partial charge in [0.2, 0.25) is 6.79 Å². The average molecular weight is 355 g/mol. The molecule has 1 aromatic carbocycles. The molecule has 2 rings (SSSR count). The molecule has 23 heavy (non-hydrogen) atoms. The van der Waals surface area contributed by atoms with E-state index in [1.807, 2.05) is 0 Å². The molecule has 1 heterocycles. The summed E-state index contributed by atoms with van der Waals surface area (Å²) in [5.41, 5.74) is 4.14. The van der Waals surface area contributed by atoms with E-state index in [1.54, 1.807) is 0 Å². The zero-order chi connectivity index (χ0) is 16.5. The Balaban J connectivity index is 0.00000264. The number of nitrogens with two attached hydrogens (primary N) is 1. The summed E-state index contributed by atoms with van der Waals surface area (Å²) in [5.74, 6) is -5.90. The van der Waals surface area contributed by atoms with Gasteiger partial charge in [0, 0.05) is 0 Å². The van der Waals surface area contributed by atoms with Crippen molar-refractivity contribution in [3.8, 4) is 11.5 Å². The highest BCUT2D eigenvalue weighted by Crippen LogP contribution is 2.43. The van der Waals surface area contributed by atoms with E-state index in [-0.39, 0.29) is 37.3 Å². The van der Waals surface area contributed by atoms with Gasteiger partial charge < -0.3 is 19.9 Å². The number of carbonyl (C=O) groups is 1. The highest BCUT2D eigenvalue weighted by atomic mass is 35.5. The molecule has 0 saturated heterocycles. The van der Waals surface area contributed by atoms with Crippen molar-refractivity contribution in [2.45, 2.75) is 18.9 Å². The Morgan fingerprint density at radius 2 is 2.04 bits per heavy atom. The molecule has 0 amide bonds. The van der Waals surface area contributed by atoms with Crippen molar-refractivity contribution in [3.05, 3.63) is 27.8 Å². The lowest BCUT2D eigenvalue weighted by molar-refractivity contribution is -0.386. The molecule has 1 aromatic rings. The molecule has 0 unspecified atom stereocenters. The fourth-order valence-electron chi connectivity index (χ4n) is 1.90. The number of nitro groups is 1. The van der Waals surface area contributed by atoms with Gasteiger partial charge in [0.05, 0.1) is 23.2 Å². The number of nitro benzene ring substituents is 1. The summed E-state index contributed by atoms with van der Waals surface area (Å²) in [6, 6.07) is -0.363. The van der Waals surface area contributed by atoms with Crippen LogP contribution in [0.15, 0.2) is 12.1 Å². The molecule has 0 aliphatic carbocycles. The van der Waals surface area contributed by atoms with Crippen LogP contribution in [0.2, 0.25) is 0 Å². The zero-order valence-corrected chi connectivity index (χ0v) is 12.6. The van der Waals surface area contributed by atoms with Crippen molar-refractivity contribution in [2.24, 2.45) is 5.73 Å². The Hall–Kier alpha value is -2.20. The smallest absolute Gasteiger partial charge is 0.379 e. The van der Waals surface area contributed by atoms with Crippen LogP contribution in [0.5, 0.6) is 11.5 Å². The SMILES string of the molecule is CCOC(=O)C(F)(F)[C@H](N)c1cc2c(cc1[N+](=O)[O-])OCO2.Cl. The number of alkyl halides is 2. The molecule has 0 spiro atoms. The van der Waals surface area contributed by atoms with E-state index >= 15 is 0 Å². The number of fused-ring (bicyclic) bond motifs is 1. The fourth-order valence-corrected chi connectivity index (χ4v) is 1.90. The van der Waals surface area contributed by atoms with Crippen molar-refractivity contribution in [1.29, 1.82) is 0 Å². The highest BCUT2D eigenvalue weighted by Gasteiger charge is 2.50. The average Bonchev–Trinajstić information content (AvgIpc) is 2.92. The van der Waals surface area contributed by atoms with Gasteiger partial charge in [-0.2, -0.15) is 8.78 Å². The minimum absolute atomic E-state index is 0. The minimum atomic E-state index is -4.13. The van der Waals surface area contributed by atoms with E-state index in [0.717, 1.165) is 12.1 Å². The number of rotatable bonds is 5. The van der Waals surface area contributed by atoms with Gasteiger partial charge in [-0.1, -0.05) is 0 Å². The molecule has 1 aliphatic heterocycles. The van der Waals surface area contributed by atoms with Gasteiger partial charge in [-0.15, -0.1) is 12.4 Å². The van der Waals surface area contributed by atoms with Crippen LogP contribution in [-0.4, -0.2) is 30.2 Å². The molecule has 8 nitrogen and oxygen atoms in total. The number of nitrogens with zero attached hydrogens (tertiary/aromatic N) is 1. The number of hydrogen-bond acceptors (Lipinski definition) is 7. The third-order valence-corrected chi connectivity index (χ3v) is 2.99. The maximum atomic E-state index is 14.0. The first-order valence-corrected chi connectivity index (χ1v) is 6.17. The molecule has 11 heteroatoms. The van der Waals surface area contributed by atoms with Crippen molar-refractivity contribution in [3.63, 3.8) is 0 Å². The van der Waals surface area contributed by atoms with E-state index in [1.165, 1.54) is 6.92 Å². The van der Waals surface area contributed by atoms with E-state index in [9.17, 15) is 23.7 Å². The van der Waals surface area contributed by atoms with Crippen molar-refractivity contribution in [2.75, 3.05) is 13.4 Å². The van der Waals surface area contributed by atoms with Crippen LogP contribution in [0.3, 0.4) is 0 Å². The Labute approximate surface area is 135 Å². The number of halogens is 3. The summed E-state index contributed by atoms with van der Waals surface area (Å²) >= 11 is 0. The number of ether oxygens (including phenoxy) is 3. The van der Waals surface area contributed by atoms with Gasteiger partial charge >= 0.3 is 11.9 Å². The van der Waals surface area contributed by atoms with Gasteiger partial charge in [-0.05, 0) is 13.0 Å². The lowest BCUT2D eigenvalue weighted by Crippen LogP contribution is -2.42. The third-order valence-electron chi connectivity index (χ3n) is 2.99. The Morgan fingerprint density at radius 3 is 2.57 bits per heavy atom. The highest BCUT2D eigenvalue weighted by molar-refractivity contribution is 5.85. The van der Waals surface area contributed by atoms with E-state index in [4.69, 9.17) is 15.2 Å². The van der Waals surface area contributed by atoms with Gasteiger partial charge in [0.15, 0.2) is 11.5 Å². The largest absolute Gasteiger partial charge is 0.462 e. The second-order valence-corrected chi connectivity index (χ2v) is 4.34. The predicted octanol–water partition coefficient (Wildman–Crippen LogP) is 1.94. The fraction of sp³-hybridized carbons (Fsp3) is 0.417. The van der Waals surface area contributed by atoms with E-state index in [0.29, 0.717) is 0 Å². The first kappa shape index (κ1) is 18.8. The van der Waals surface area contributed by atoms with Gasteiger partial charge in [-0.25, -0.2) is 4.79 Å². The van der Waals surface area contributed by atoms with Crippen molar-refractivity contribution < 1.29 is 32.7 Å². The molecular weight excluding hydrogens is 342 g/mol. The monoisotopic (exact) mass is 354 g/mol. The van der Waals surface area contributed by atoms with Crippen LogP contribution in [0, 0.1) is 10.1 Å². The molecular formula is C12H13ClF2N2O6. The molecule has 0 aromatic heterocycles. The minimum Gasteiger partial charge on any atom is -0.462 e. The summed E-state index contributed by atoms with van der Waals surface area (Å²) in [7, 11) is 0. The van der Waals surface area contributed by atoms with Crippen LogP contribution in [0.25, 0.3) is 0 Å². The Kier molecular flexibility index (Phi) is 5.67. The molecule has 2 N–H and O–H groups in total. The maximum absolute atomic E-state index is 14.0. The van der Waals surface area contributed by atoms with Gasteiger partial charge in [-0.3, -0.25) is 10.1 Å². The normalized spacial score (nSPS) is 13.9. The molecule has 0 radical (unpaired) electrons. The maximum Gasteiger partial charge on any atom is 0.379 e. The van der Waals surface area contributed by atoms with Crippen LogP contribution in [0.1, 0.15) is 18.5 Å². The molecule has 0 fully saturated rings. The summed E-state index contributed by atoms with van der Waals surface area (Å²) in [6.45, 7) is 0.881. The number of esters is 1. The predicted molar refractivity (Wildman–Crippen MR) is 75.0 cm³/mol. The Morgan fingerprint density at radius 1 is 1.48 bits per heavy atom. The number of carbonyl (C=O) groups excluding carboxylic acids is 1. The van der Waals surface area contributed by atoms with E-state index in [2.05, 4.69) is 4.74 Å². The Bertz CT molecular complexity index is 628. The lowest BCUT2D eigenvalue weighted by atomic mass is 9.99. The number of benzene rings is 1. The first-order chi connectivity index (χ1) is 10.3. The lowest BCUT2D eigenvalue weighted by Gasteiger charge is -2.21. The summed E-state index contributed by atoms with van der Waals surface area (Å²) < 4.78 is 42.1. The van der Waals surface area contributed by atoms with Crippen molar-refractivity contribution >= 4 is 24.1 Å². The summed E-state index contributed by atoms with van der Waals surface area (Å²) in [4.78, 5) is 21.5. The van der Waals surface area contributed by atoms with Crippen LogP contribution < -0.4 is 15.2 Å². The quantitative estimate of drug-likeness (QED) is 0.488. The number of hydrogen-bond donors (Lipinski definition) is 1. The molecule has 1 atom stereocenters. The molecule has 128 valence electrons. The molecule has 0 bridgehead atoms. The summed E-state index contributed by atoms with van der Waals surface area (Å²) in [5, 5.41) is 11.0. The first-order valence-electron chi connectivity index (χ1n) is 6.17. The molecule has 1 aliphatic rings. The third kappa shape index (κ3) is 3.42.